The maximum atomic E-state index is 12.1. The standard InChI is InChI=1S/C11H18N2O/c14-11(10-2-1-5-12-10)13-7-8-3-4-9(13)6-8/h8-10,12H,1-7H2/t8?,9?,10-/m1/s1. The first-order chi connectivity index (χ1) is 6.84. The molecule has 2 aliphatic heterocycles. The van der Waals surface area contributed by atoms with Crippen LogP contribution in [-0.4, -0.2) is 36.0 Å². The number of hydrogen-bond acceptors (Lipinski definition) is 2. The van der Waals surface area contributed by atoms with Gasteiger partial charge in [-0.05, 0) is 44.6 Å². The van der Waals surface area contributed by atoms with Crippen LogP contribution in [0.2, 0.25) is 0 Å². The Hall–Kier alpha value is -0.570. The van der Waals surface area contributed by atoms with Gasteiger partial charge in [0.2, 0.25) is 5.91 Å². The van der Waals surface area contributed by atoms with Crippen LogP contribution in [-0.2, 0) is 4.79 Å². The Bertz CT molecular complexity index is 248. The summed E-state index contributed by atoms with van der Waals surface area (Å²) in [4.78, 5) is 14.3. The van der Waals surface area contributed by atoms with Crippen LogP contribution in [0.25, 0.3) is 0 Å². The molecule has 0 spiro atoms. The van der Waals surface area contributed by atoms with Crippen molar-refractivity contribution in [2.45, 2.75) is 44.2 Å². The minimum Gasteiger partial charge on any atom is -0.338 e. The maximum Gasteiger partial charge on any atom is 0.239 e. The van der Waals surface area contributed by atoms with E-state index in [1.807, 2.05) is 0 Å². The van der Waals surface area contributed by atoms with E-state index in [1.54, 1.807) is 0 Å². The van der Waals surface area contributed by atoms with Gasteiger partial charge in [0.25, 0.3) is 0 Å². The second kappa shape index (κ2) is 3.23. The van der Waals surface area contributed by atoms with E-state index in [2.05, 4.69) is 10.2 Å². The molecule has 14 heavy (non-hydrogen) atoms. The molecule has 2 bridgehead atoms. The minimum atomic E-state index is 0.148. The van der Waals surface area contributed by atoms with Crippen molar-refractivity contribution in [1.29, 1.82) is 0 Å². The van der Waals surface area contributed by atoms with Gasteiger partial charge in [-0.25, -0.2) is 0 Å². The van der Waals surface area contributed by atoms with Crippen LogP contribution >= 0.6 is 0 Å². The molecule has 2 heterocycles. The zero-order valence-corrected chi connectivity index (χ0v) is 8.54. The van der Waals surface area contributed by atoms with E-state index in [-0.39, 0.29) is 6.04 Å². The van der Waals surface area contributed by atoms with E-state index >= 15 is 0 Å². The predicted molar refractivity (Wildman–Crippen MR) is 53.9 cm³/mol. The number of nitrogens with zero attached hydrogens (tertiary/aromatic N) is 1. The molecule has 2 saturated heterocycles. The fraction of sp³-hybridized carbons (Fsp3) is 0.909. The Morgan fingerprint density at radius 3 is 2.79 bits per heavy atom. The Morgan fingerprint density at radius 2 is 2.21 bits per heavy atom. The number of likely N-dealkylation sites (tertiary alicyclic amines) is 1. The van der Waals surface area contributed by atoms with Crippen LogP contribution in [0.5, 0.6) is 0 Å². The van der Waals surface area contributed by atoms with Crippen LogP contribution in [0, 0.1) is 5.92 Å². The first kappa shape index (κ1) is 8.72. The van der Waals surface area contributed by atoms with Crippen molar-refractivity contribution in [3.63, 3.8) is 0 Å². The lowest BCUT2D eigenvalue weighted by Crippen LogP contribution is -2.46. The second-order valence-electron chi connectivity index (χ2n) is 4.97. The maximum absolute atomic E-state index is 12.1. The Balaban J connectivity index is 1.67. The molecule has 0 aromatic rings. The van der Waals surface area contributed by atoms with Gasteiger partial charge in [-0.1, -0.05) is 0 Å². The Labute approximate surface area is 84.8 Å². The lowest BCUT2D eigenvalue weighted by molar-refractivity contribution is -0.134. The molecule has 1 saturated carbocycles. The van der Waals surface area contributed by atoms with Gasteiger partial charge in [0, 0.05) is 12.6 Å². The van der Waals surface area contributed by atoms with Crippen LogP contribution in [0.3, 0.4) is 0 Å². The molecule has 78 valence electrons. The highest BCUT2D eigenvalue weighted by atomic mass is 16.2. The lowest BCUT2D eigenvalue weighted by atomic mass is 10.1. The third-order valence-corrected chi connectivity index (χ3v) is 4.05. The van der Waals surface area contributed by atoms with Gasteiger partial charge in [-0.2, -0.15) is 0 Å². The molecular formula is C11H18N2O. The molecule has 3 fully saturated rings. The van der Waals surface area contributed by atoms with Crippen LogP contribution < -0.4 is 5.32 Å². The summed E-state index contributed by atoms with van der Waals surface area (Å²) in [6.45, 7) is 2.07. The van der Waals surface area contributed by atoms with Crippen molar-refractivity contribution >= 4 is 5.91 Å². The van der Waals surface area contributed by atoms with Gasteiger partial charge >= 0.3 is 0 Å². The van der Waals surface area contributed by atoms with Crippen molar-refractivity contribution in [3.8, 4) is 0 Å². The van der Waals surface area contributed by atoms with Crippen molar-refractivity contribution in [1.82, 2.24) is 10.2 Å². The third-order valence-electron chi connectivity index (χ3n) is 4.05. The van der Waals surface area contributed by atoms with E-state index in [9.17, 15) is 4.79 Å². The van der Waals surface area contributed by atoms with E-state index in [1.165, 1.54) is 25.7 Å². The van der Waals surface area contributed by atoms with E-state index in [0.29, 0.717) is 11.9 Å². The third kappa shape index (κ3) is 1.26. The number of carbonyl (C=O) groups is 1. The van der Waals surface area contributed by atoms with Crippen molar-refractivity contribution < 1.29 is 4.79 Å². The van der Waals surface area contributed by atoms with Crippen molar-refractivity contribution in [3.05, 3.63) is 0 Å². The molecule has 3 nitrogen and oxygen atoms in total. The van der Waals surface area contributed by atoms with Crippen LogP contribution in [0.15, 0.2) is 0 Å². The molecule has 1 amide bonds. The number of nitrogens with one attached hydrogen (secondary N) is 1. The zero-order chi connectivity index (χ0) is 9.54. The molecule has 0 aromatic carbocycles. The summed E-state index contributed by atoms with van der Waals surface area (Å²) in [7, 11) is 0. The van der Waals surface area contributed by atoms with Crippen molar-refractivity contribution in [2.75, 3.05) is 13.1 Å². The summed E-state index contributed by atoms with van der Waals surface area (Å²) >= 11 is 0. The zero-order valence-electron chi connectivity index (χ0n) is 8.54. The highest BCUT2D eigenvalue weighted by Crippen LogP contribution is 2.37. The van der Waals surface area contributed by atoms with E-state index in [4.69, 9.17) is 0 Å². The summed E-state index contributed by atoms with van der Waals surface area (Å²) in [6.07, 6.45) is 6.10. The van der Waals surface area contributed by atoms with Gasteiger partial charge in [-0.3, -0.25) is 4.79 Å². The molecule has 1 N–H and O–H groups in total. The van der Waals surface area contributed by atoms with Crippen LogP contribution in [0.1, 0.15) is 32.1 Å². The van der Waals surface area contributed by atoms with E-state index < -0.39 is 0 Å². The molecule has 0 radical (unpaired) electrons. The number of hydrogen-bond donors (Lipinski definition) is 1. The first-order valence-electron chi connectivity index (χ1n) is 5.88. The average molecular weight is 194 g/mol. The second-order valence-corrected chi connectivity index (χ2v) is 4.97. The largest absolute Gasteiger partial charge is 0.338 e. The van der Waals surface area contributed by atoms with Gasteiger partial charge < -0.3 is 10.2 Å². The Kier molecular flexibility index (Phi) is 2.01. The van der Waals surface area contributed by atoms with E-state index in [0.717, 1.165) is 25.4 Å². The monoisotopic (exact) mass is 194 g/mol. The van der Waals surface area contributed by atoms with Gasteiger partial charge in [0.05, 0.1) is 6.04 Å². The smallest absolute Gasteiger partial charge is 0.239 e. The molecule has 3 atom stereocenters. The van der Waals surface area contributed by atoms with Crippen molar-refractivity contribution in [2.24, 2.45) is 5.92 Å². The lowest BCUT2D eigenvalue weighted by Gasteiger charge is -2.29. The van der Waals surface area contributed by atoms with Crippen LogP contribution in [0.4, 0.5) is 0 Å². The number of fused-ring (bicyclic) bond motifs is 2. The Morgan fingerprint density at radius 1 is 1.29 bits per heavy atom. The average Bonchev–Trinajstić information content (AvgIpc) is 2.93. The molecular weight excluding hydrogens is 176 g/mol. The first-order valence-corrected chi connectivity index (χ1v) is 5.88. The predicted octanol–water partition coefficient (Wildman–Crippen LogP) is 0.749. The fourth-order valence-corrected chi connectivity index (χ4v) is 3.29. The number of rotatable bonds is 1. The van der Waals surface area contributed by atoms with Gasteiger partial charge in [0.1, 0.15) is 0 Å². The highest BCUT2D eigenvalue weighted by molar-refractivity contribution is 5.82. The summed E-state index contributed by atoms with van der Waals surface area (Å²) < 4.78 is 0. The summed E-state index contributed by atoms with van der Waals surface area (Å²) in [5, 5.41) is 3.30. The number of piperidine rings is 1. The summed E-state index contributed by atoms with van der Waals surface area (Å²) in [6, 6.07) is 0.740. The minimum absolute atomic E-state index is 0.148. The molecule has 3 aliphatic rings. The molecule has 0 aromatic heterocycles. The molecule has 3 heteroatoms. The number of amides is 1. The summed E-state index contributed by atoms with van der Waals surface area (Å²) in [5.41, 5.74) is 0. The highest BCUT2D eigenvalue weighted by Gasteiger charge is 2.42. The fourth-order valence-electron chi connectivity index (χ4n) is 3.29. The van der Waals surface area contributed by atoms with Gasteiger partial charge in [0.15, 0.2) is 0 Å². The quantitative estimate of drug-likeness (QED) is 0.668. The normalized spacial score (nSPS) is 40.9. The topological polar surface area (TPSA) is 32.3 Å². The number of carbonyl (C=O) groups excluding carboxylic acids is 1. The van der Waals surface area contributed by atoms with Gasteiger partial charge in [-0.15, -0.1) is 0 Å². The summed E-state index contributed by atoms with van der Waals surface area (Å²) in [5.74, 6) is 1.21. The SMILES string of the molecule is O=C([C@H]1CCCN1)N1CC2CCC1C2. The molecule has 2 unspecified atom stereocenters. The molecule has 1 aliphatic carbocycles. The molecule has 3 rings (SSSR count).